The Morgan fingerprint density at radius 2 is 1.82 bits per heavy atom. The van der Waals surface area contributed by atoms with Crippen LogP contribution in [0, 0.1) is 6.92 Å². The van der Waals surface area contributed by atoms with Crippen LogP contribution in [-0.2, 0) is 16.1 Å². The maximum atomic E-state index is 13.6. The van der Waals surface area contributed by atoms with Crippen LogP contribution >= 0.6 is 11.3 Å². The summed E-state index contributed by atoms with van der Waals surface area (Å²) in [5.74, 6) is -0.473. The number of benzene rings is 1. The third-order valence-electron chi connectivity index (χ3n) is 5.67. The number of amides is 3. The molecule has 0 radical (unpaired) electrons. The van der Waals surface area contributed by atoms with E-state index in [1.165, 1.54) is 22.5 Å². The Bertz CT molecular complexity index is 1090. The van der Waals surface area contributed by atoms with Gasteiger partial charge in [0, 0.05) is 5.54 Å². The predicted molar refractivity (Wildman–Crippen MR) is 132 cm³/mol. The summed E-state index contributed by atoms with van der Waals surface area (Å²) in [5, 5.41) is 7.55. The van der Waals surface area contributed by atoms with Crippen LogP contribution in [0.4, 0.5) is 0 Å². The first-order valence-corrected chi connectivity index (χ1v) is 12.1. The Morgan fingerprint density at radius 1 is 1.09 bits per heavy atom. The number of hydrogen-bond acceptors (Lipinski definition) is 5. The molecule has 1 atom stereocenters. The fourth-order valence-corrected chi connectivity index (χ4v) is 4.00. The highest BCUT2D eigenvalue weighted by Gasteiger charge is 2.34. The highest BCUT2D eigenvalue weighted by molar-refractivity contribution is 7.12. The van der Waals surface area contributed by atoms with Gasteiger partial charge in [0.15, 0.2) is 0 Å². The van der Waals surface area contributed by atoms with Crippen molar-refractivity contribution in [2.75, 3.05) is 6.54 Å². The van der Waals surface area contributed by atoms with Crippen molar-refractivity contribution in [1.82, 2.24) is 15.5 Å². The van der Waals surface area contributed by atoms with Gasteiger partial charge in [0.1, 0.15) is 11.8 Å². The lowest BCUT2D eigenvalue weighted by Gasteiger charge is -2.34. The molecular weight excluding hydrogens is 450 g/mol. The summed E-state index contributed by atoms with van der Waals surface area (Å²) >= 11 is 1.30. The molecule has 2 heterocycles. The van der Waals surface area contributed by atoms with Gasteiger partial charge in [-0.15, -0.1) is 11.3 Å². The highest BCUT2D eigenvalue weighted by Crippen LogP contribution is 2.26. The van der Waals surface area contributed by atoms with Gasteiger partial charge in [0.2, 0.25) is 11.8 Å². The predicted octanol–water partition coefficient (Wildman–Crippen LogP) is 4.45. The van der Waals surface area contributed by atoms with Crippen LogP contribution in [0.25, 0.3) is 0 Å². The largest absolute Gasteiger partial charge is 0.467 e. The number of nitrogens with zero attached hydrogens (tertiary/aromatic N) is 1. The second kappa shape index (κ2) is 11.2. The Balaban J connectivity index is 1.93. The van der Waals surface area contributed by atoms with Gasteiger partial charge in [-0.05, 0) is 56.3 Å². The standard InChI is InChI=1S/C26H31N3O4S/c1-5-26(3,4)28-25(32)23(19-12-10-18(2)11-13-19)29(17-20-8-6-14-33-20)22(30)16-27-24(31)21-9-7-15-34-21/h6-15,23H,5,16-17H2,1-4H3,(H,27,31)(H,28,32). The quantitative estimate of drug-likeness (QED) is 0.447. The van der Waals surface area contributed by atoms with Gasteiger partial charge in [0.25, 0.3) is 5.91 Å². The molecule has 1 aromatic carbocycles. The van der Waals surface area contributed by atoms with E-state index in [-0.39, 0.29) is 24.9 Å². The number of furan rings is 1. The lowest BCUT2D eigenvalue weighted by molar-refractivity contribution is -0.141. The summed E-state index contributed by atoms with van der Waals surface area (Å²) < 4.78 is 5.49. The third-order valence-corrected chi connectivity index (χ3v) is 6.54. The van der Waals surface area contributed by atoms with Crippen LogP contribution in [0.1, 0.15) is 59.8 Å². The Kier molecular flexibility index (Phi) is 8.28. The number of thiophene rings is 1. The molecule has 2 aromatic heterocycles. The van der Waals surface area contributed by atoms with Crippen LogP contribution in [0.5, 0.6) is 0 Å². The van der Waals surface area contributed by atoms with E-state index in [2.05, 4.69) is 10.6 Å². The van der Waals surface area contributed by atoms with Crippen LogP contribution in [0.3, 0.4) is 0 Å². The summed E-state index contributed by atoms with van der Waals surface area (Å²) in [6, 6.07) is 13.6. The van der Waals surface area contributed by atoms with E-state index in [0.29, 0.717) is 16.2 Å². The van der Waals surface area contributed by atoms with Crippen molar-refractivity contribution in [1.29, 1.82) is 0 Å². The number of rotatable bonds is 10. The molecule has 2 N–H and O–H groups in total. The van der Waals surface area contributed by atoms with Crippen LogP contribution in [0.2, 0.25) is 0 Å². The van der Waals surface area contributed by atoms with E-state index < -0.39 is 17.5 Å². The van der Waals surface area contributed by atoms with Crippen molar-refractivity contribution in [3.05, 3.63) is 81.9 Å². The molecule has 0 bridgehead atoms. The van der Waals surface area contributed by atoms with Gasteiger partial charge in [-0.2, -0.15) is 0 Å². The Labute approximate surface area is 204 Å². The summed E-state index contributed by atoms with van der Waals surface area (Å²) in [4.78, 5) is 41.4. The molecule has 7 nitrogen and oxygen atoms in total. The van der Waals surface area contributed by atoms with Crippen molar-refractivity contribution in [3.8, 4) is 0 Å². The Morgan fingerprint density at radius 3 is 2.41 bits per heavy atom. The lowest BCUT2D eigenvalue weighted by Crippen LogP contribution is -2.51. The monoisotopic (exact) mass is 481 g/mol. The zero-order valence-electron chi connectivity index (χ0n) is 20.0. The number of carbonyl (C=O) groups is 3. The fourth-order valence-electron chi connectivity index (χ4n) is 3.36. The molecule has 3 amide bonds. The highest BCUT2D eigenvalue weighted by atomic mass is 32.1. The van der Waals surface area contributed by atoms with Crippen LogP contribution < -0.4 is 10.6 Å². The molecule has 1 unspecified atom stereocenters. The van der Waals surface area contributed by atoms with Crippen molar-refractivity contribution < 1.29 is 18.8 Å². The van der Waals surface area contributed by atoms with Crippen molar-refractivity contribution in [2.24, 2.45) is 0 Å². The van der Waals surface area contributed by atoms with Gasteiger partial charge >= 0.3 is 0 Å². The van der Waals surface area contributed by atoms with E-state index in [0.717, 1.165) is 12.0 Å². The first kappa shape index (κ1) is 25.2. The summed E-state index contributed by atoms with van der Waals surface area (Å²) in [6.07, 6.45) is 2.25. The molecule has 0 aliphatic rings. The van der Waals surface area contributed by atoms with Gasteiger partial charge in [-0.1, -0.05) is 42.8 Å². The molecule has 0 aliphatic carbocycles. The van der Waals surface area contributed by atoms with E-state index in [1.807, 2.05) is 52.0 Å². The number of hydrogen-bond donors (Lipinski definition) is 2. The van der Waals surface area contributed by atoms with Crippen molar-refractivity contribution >= 4 is 29.1 Å². The summed E-state index contributed by atoms with van der Waals surface area (Å²) in [6.45, 7) is 7.68. The minimum atomic E-state index is -0.900. The topological polar surface area (TPSA) is 91.7 Å². The van der Waals surface area contributed by atoms with Crippen LogP contribution in [-0.4, -0.2) is 34.7 Å². The number of aryl methyl sites for hydroxylation is 1. The van der Waals surface area contributed by atoms with Crippen LogP contribution in [0.15, 0.2) is 64.6 Å². The maximum Gasteiger partial charge on any atom is 0.261 e. The first-order chi connectivity index (χ1) is 16.2. The minimum Gasteiger partial charge on any atom is -0.467 e. The van der Waals surface area contributed by atoms with Crippen molar-refractivity contribution in [3.63, 3.8) is 0 Å². The second-order valence-corrected chi connectivity index (χ2v) is 9.75. The molecule has 0 saturated carbocycles. The molecule has 0 aliphatic heterocycles. The molecule has 3 aromatic rings. The molecule has 8 heteroatoms. The van der Waals surface area contributed by atoms with Gasteiger partial charge in [0.05, 0.1) is 24.2 Å². The first-order valence-electron chi connectivity index (χ1n) is 11.2. The third kappa shape index (κ3) is 6.57. The smallest absolute Gasteiger partial charge is 0.261 e. The zero-order valence-corrected chi connectivity index (χ0v) is 20.8. The average Bonchev–Trinajstić information content (AvgIpc) is 3.52. The molecule has 180 valence electrons. The zero-order chi connectivity index (χ0) is 24.7. The number of carbonyl (C=O) groups excluding carboxylic acids is 3. The summed E-state index contributed by atoms with van der Waals surface area (Å²) in [7, 11) is 0. The van der Waals surface area contributed by atoms with E-state index in [9.17, 15) is 14.4 Å². The second-order valence-electron chi connectivity index (χ2n) is 8.80. The van der Waals surface area contributed by atoms with E-state index in [1.54, 1.807) is 29.6 Å². The average molecular weight is 482 g/mol. The molecular formula is C26H31N3O4S. The van der Waals surface area contributed by atoms with E-state index in [4.69, 9.17) is 4.42 Å². The van der Waals surface area contributed by atoms with E-state index >= 15 is 0 Å². The molecule has 3 rings (SSSR count). The van der Waals surface area contributed by atoms with Crippen molar-refractivity contribution in [2.45, 2.75) is 52.2 Å². The molecule has 0 fully saturated rings. The number of nitrogens with one attached hydrogen (secondary N) is 2. The summed E-state index contributed by atoms with van der Waals surface area (Å²) in [5.41, 5.74) is 1.27. The van der Waals surface area contributed by atoms with Gasteiger partial charge in [-0.25, -0.2) is 0 Å². The normalized spacial score (nSPS) is 12.1. The van der Waals surface area contributed by atoms with Gasteiger partial charge in [-0.3, -0.25) is 14.4 Å². The molecule has 0 spiro atoms. The molecule has 34 heavy (non-hydrogen) atoms. The fraction of sp³-hybridized carbons (Fsp3) is 0.346. The molecule has 0 saturated heterocycles. The lowest BCUT2D eigenvalue weighted by atomic mass is 9.98. The maximum absolute atomic E-state index is 13.6. The minimum absolute atomic E-state index is 0.0826. The Hall–Kier alpha value is -3.39. The SMILES string of the molecule is CCC(C)(C)NC(=O)C(c1ccc(C)cc1)N(Cc1ccco1)C(=O)CNC(=O)c1cccs1. The van der Waals surface area contributed by atoms with Gasteiger partial charge < -0.3 is 20.0 Å².